The summed E-state index contributed by atoms with van der Waals surface area (Å²) in [7, 11) is 0. The minimum Gasteiger partial charge on any atom is -0.461 e. The molecule has 1 fully saturated rings. The first-order valence-corrected chi connectivity index (χ1v) is 11.8. The zero-order valence-corrected chi connectivity index (χ0v) is 21.7. The number of hydrogen-bond donors (Lipinski definition) is 2. The van der Waals surface area contributed by atoms with Crippen molar-refractivity contribution in [2.75, 3.05) is 12.3 Å². The predicted octanol–water partition coefficient (Wildman–Crippen LogP) is 1.34. The first kappa shape index (κ1) is 27.3. The topological polar surface area (TPSA) is 170 Å². The molecule has 1 aliphatic rings. The van der Waals surface area contributed by atoms with Crippen LogP contribution in [0.15, 0.2) is 18.5 Å². The van der Waals surface area contributed by atoms with E-state index in [1.807, 2.05) is 0 Å². The van der Waals surface area contributed by atoms with Gasteiger partial charge in [-0.2, -0.15) is 5.10 Å². The Hall–Kier alpha value is -3.25. The number of nitrogen functional groups attached to an aromatic ring is 1. The van der Waals surface area contributed by atoms with Crippen LogP contribution in [-0.4, -0.2) is 63.0 Å². The number of carbonyl (C=O) groups excluding carboxylic acids is 3. The minimum absolute atomic E-state index is 0.243. The lowest BCUT2D eigenvalue weighted by atomic mass is 9.92. The molecule has 0 spiro atoms. The average molecular weight is 506 g/mol. The number of hydrogen-bond acceptors (Lipinski definition) is 11. The van der Waals surface area contributed by atoms with Gasteiger partial charge in [-0.15, -0.1) is 0 Å². The van der Waals surface area contributed by atoms with Crippen LogP contribution in [0.3, 0.4) is 0 Å². The molecule has 0 saturated carbocycles. The van der Waals surface area contributed by atoms with E-state index < -0.39 is 59.2 Å². The number of nitrogens with two attached hydrogens (primary N) is 2. The highest BCUT2D eigenvalue weighted by Crippen LogP contribution is 2.44. The number of ether oxygens (including phenoxy) is 4. The van der Waals surface area contributed by atoms with Crippen LogP contribution in [0.5, 0.6) is 0 Å². The largest absolute Gasteiger partial charge is 0.461 e. The molecule has 0 aromatic carbocycles. The summed E-state index contributed by atoms with van der Waals surface area (Å²) in [4.78, 5) is 41.8. The number of nitrogens with zero attached hydrogens (tertiary/aromatic N) is 3. The molecule has 198 valence electrons. The van der Waals surface area contributed by atoms with E-state index in [4.69, 9.17) is 30.4 Å². The van der Waals surface area contributed by atoms with E-state index in [1.165, 1.54) is 24.7 Å². The van der Waals surface area contributed by atoms with Crippen molar-refractivity contribution in [2.45, 2.75) is 77.9 Å². The number of anilines is 1. The number of rotatable bonds is 8. The fraction of sp³-hybridized carbons (Fsp3) is 0.625. The van der Waals surface area contributed by atoms with Crippen molar-refractivity contribution in [1.29, 1.82) is 0 Å². The zero-order valence-electron chi connectivity index (χ0n) is 21.7. The molecule has 4 N–H and O–H groups in total. The van der Waals surface area contributed by atoms with Crippen LogP contribution < -0.4 is 11.5 Å². The monoisotopic (exact) mass is 505 g/mol. The Morgan fingerprint density at radius 2 is 1.75 bits per heavy atom. The van der Waals surface area contributed by atoms with Gasteiger partial charge in [0.15, 0.2) is 18.0 Å². The summed E-state index contributed by atoms with van der Waals surface area (Å²) in [6.07, 6.45) is -1.87. The number of aromatic nitrogens is 3. The van der Waals surface area contributed by atoms with Crippen LogP contribution in [0, 0.1) is 11.8 Å². The standard InChI is InChI=1S/C24H35N5O7/c1-12(2)20(30)34-17-15(10-33-22(32)23(5,6)26)36-24(7,18(17)35-21(31)13(3)4)16-9-8-14-19(25)27-11-28-29(14)16/h8-9,11-13,15,17-18H,10,26H2,1-7H3,(H2,25,27,28)/t15-,17-,18-,24+/m1/s1. The minimum atomic E-state index is -1.37. The second-order valence-electron chi connectivity index (χ2n) is 10.3. The van der Waals surface area contributed by atoms with Crippen LogP contribution in [0.25, 0.3) is 5.52 Å². The first-order chi connectivity index (χ1) is 16.7. The highest BCUT2D eigenvalue weighted by atomic mass is 16.7. The van der Waals surface area contributed by atoms with Crippen LogP contribution in [0.4, 0.5) is 5.82 Å². The van der Waals surface area contributed by atoms with E-state index in [2.05, 4.69) is 10.1 Å². The Kier molecular flexibility index (Phi) is 7.61. The van der Waals surface area contributed by atoms with Gasteiger partial charge in [0, 0.05) is 0 Å². The lowest BCUT2D eigenvalue weighted by Crippen LogP contribution is -2.47. The fourth-order valence-electron chi connectivity index (χ4n) is 3.81. The lowest BCUT2D eigenvalue weighted by molar-refractivity contribution is -0.175. The summed E-state index contributed by atoms with van der Waals surface area (Å²) in [5.41, 5.74) is 10.2. The zero-order chi connectivity index (χ0) is 27.0. The van der Waals surface area contributed by atoms with Gasteiger partial charge in [0.05, 0.1) is 17.5 Å². The first-order valence-electron chi connectivity index (χ1n) is 11.8. The van der Waals surface area contributed by atoms with Crippen LogP contribution in [-0.2, 0) is 38.9 Å². The molecule has 1 aliphatic heterocycles. The molecule has 2 aromatic heterocycles. The summed E-state index contributed by atoms with van der Waals surface area (Å²) in [6.45, 7) is 11.2. The average Bonchev–Trinajstić information content (AvgIpc) is 3.33. The van der Waals surface area contributed by atoms with Gasteiger partial charge in [0.25, 0.3) is 0 Å². The molecule has 3 heterocycles. The van der Waals surface area contributed by atoms with Crippen molar-refractivity contribution in [2.24, 2.45) is 17.6 Å². The van der Waals surface area contributed by atoms with Crippen molar-refractivity contribution in [3.8, 4) is 0 Å². The van der Waals surface area contributed by atoms with Gasteiger partial charge in [-0.05, 0) is 32.9 Å². The van der Waals surface area contributed by atoms with E-state index >= 15 is 0 Å². The Labute approximate surface area is 209 Å². The summed E-state index contributed by atoms with van der Waals surface area (Å²) < 4.78 is 25.0. The summed E-state index contributed by atoms with van der Waals surface area (Å²) in [5.74, 6) is -2.40. The van der Waals surface area contributed by atoms with Crippen LogP contribution >= 0.6 is 0 Å². The maximum atomic E-state index is 12.8. The lowest BCUT2D eigenvalue weighted by Gasteiger charge is -2.31. The molecular weight excluding hydrogens is 470 g/mol. The summed E-state index contributed by atoms with van der Waals surface area (Å²) in [6, 6.07) is 3.43. The van der Waals surface area contributed by atoms with Crippen LogP contribution in [0.1, 0.15) is 54.2 Å². The summed E-state index contributed by atoms with van der Waals surface area (Å²) >= 11 is 0. The quantitative estimate of drug-likeness (QED) is 0.392. The second kappa shape index (κ2) is 10.0. The van der Waals surface area contributed by atoms with E-state index in [0.29, 0.717) is 11.2 Å². The number of fused-ring (bicyclic) bond motifs is 1. The third kappa shape index (κ3) is 5.29. The molecule has 36 heavy (non-hydrogen) atoms. The van der Waals surface area contributed by atoms with Crippen molar-refractivity contribution >= 4 is 29.2 Å². The Morgan fingerprint density at radius 3 is 2.33 bits per heavy atom. The Balaban J connectivity index is 2.10. The normalized spacial score (nSPS) is 24.3. The van der Waals surface area contributed by atoms with Gasteiger partial charge >= 0.3 is 17.9 Å². The Morgan fingerprint density at radius 1 is 1.14 bits per heavy atom. The highest BCUT2D eigenvalue weighted by Gasteiger charge is 2.59. The highest BCUT2D eigenvalue weighted by molar-refractivity contribution is 5.79. The van der Waals surface area contributed by atoms with Crippen molar-refractivity contribution < 1.29 is 33.3 Å². The molecule has 0 radical (unpaired) electrons. The predicted molar refractivity (Wildman–Crippen MR) is 128 cm³/mol. The Bertz CT molecular complexity index is 1140. The maximum Gasteiger partial charge on any atom is 0.325 e. The molecule has 12 heteroatoms. The third-order valence-electron chi connectivity index (χ3n) is 5.94. The molecule has 0 unspecified atom stereocenters. The molecule has 4 atom stereocenters. The molecular formula is C24H35N5O7. The molecule has 2 aromatic rings. The fourth-order valence-corrected chi connectivity index (χ4v) is 3.81. The van der Waals surface area contributed by atoms with Gasteiger partial charge in [0.2, 0.25) is 0 Å². The van der Waals surface area contributed by atoms with Crippen molar-refractivity contribution in [1.82, 2.24) is 14.6 Å². The molecule has 1 saturated heterocycles. The number of esters is 3. The molecule has 3 rings (SSSR count). The molecule has 0 bridgehead atoms. The van der Waals surface area contributed by atoms with E-state index in [1.54, 1.807) is 46.8 Å². The van der Waals surface area contributed by atoms with Crippen LogP contribution in [0.2, 0.25) is 0 Å². The molecule has 0 aliphatic carbocycles. The summed E-state index contributed by atoms with van der Waals surface area (Å²) in [5, 5.41) is 4.28. The second-order valence-corrected chi connectivity index (χ2v) is 10.3. The smallest absolute Gasteiger partial charge is 0.325 e. The van der Waals surface area contributed by atoms with Crippen molar-refractivity contribution in [3.63, 3.8) is 0 Å². The van der Waals surface area contributed by atoms with Gasteiger partial charge in [-0.1, -0.05) is 27.7 Å². The third-order valence-corrected chi connectivity index (χ3v) is 5.94. The SMILES string of the molecule is CC(C)C(=O)O[C@H]1[C@@H](OC(=O)C(C)C)[C@](C)(c2ccc3c(N)ncnn23)O[C@@H]1COC(=O)C(C)(C)N. The van der Waals surface area contributed by atoms with Crippen molar-refractivity contribution in [3.05, 3.63) is 24.2 Å². The van der Waals surface area contributed by atoms with Gasteiger partial charge in [-0.3, -0.25) is 14.4 Å². The molecule has 12 nitrogen and oxygen atoms in total. The van der Waals surface area contributed by atoms with Gasteiger partial charge < -0.3 is 30.4 Å². The van der Waals surface area contributed by atoms with E-state index in [0.717, 1.165) is 0 Å². The van der Waals surface area contributed by atoms with E-state index in [9.17, 15) is 14.4 Å². The van der Waals surface area contributed by atoms with Gasteiger partial charge in [-0.25, -0.2) is 9.50 Å². The van der Waals surface area contributed by atoms with E-state index in [-0.39, 0.29) is 12.4 Å². The number of carbonyl (C=O) groups is 3. The maximum absolute atomic E-state index is 12.8. The van der Waals surface area contributed by atoms with Gasteiger partial charge in [0.1, 0.15) is 35.7 Å². The molecule has 0 amide bonds.